The molecule has 0 aliphatic heterocycles. The third-order valence-corrected chi connectivity index (χ3v) is 4.77. The minimum atomic E-state index is 0.00574. The molecule has 7 heteroatoms. The maximum atomic E-state index is 9.98. The monoisotopic (exact) mass is 363 g/mol. The summed E-state index contributed by atoms with van der Waals surface area (Å²) in [6.07, 6.45) is 0.982. The Balaban J connectivity index is 1.98. The van der Waals surface area contributed by atoms with Gasteiger partial charge in [-0.25, -0.2) is 0 Å². The summed E-state index contributed by atoms with van der Waals surface area (Å²) in [7, 11) is 6.81. The second kappa shape index (κ2) is 9.17. The lowest BCUT2D eigenvalue weighted by molar-refractivity contribution is 0.339. The van der Waals surface area contributed by atoms with Crippen molar-refractivity contribution in [1.29, 1.82) is 0 Å². The van der Waals surface area contributed by atoms with E-state index in [1.807, 2.05) is 7.05 Å². The molecule has 1 aromatic heterocycles. The van der Waals surface area contributed by atoms with Gasteiger partial charge in [0.25, 0.3) is 0 Å². The van der Waals surface area contributed by atoms with Crippen LogP contribution in [0.3, 0.4) is 0 Å². The van der Waals surface area contributed by atoms with Gasteiger partial charge in [0, 0.05) is 32.1 Å². The number of nitrogens with zero attached hydrogens (tertiary/aromatic N) is 2. The summed E-state index contributed by atoms with van der Waals surface area (Å²) in [5.41, 5.74) is 0.930. The summed E-state index contributed by atoms with van der Waals surface area (Å²) < 4.78 is 10.4. The summed E-state index contributed by atoms with van der Waals surface area (Å²) in [4.78, 5) is 7.78. The highest BCUT2D eigenvalue weighted by molar-refractivity contribution is 7.09. The van der Waals surface area contributed by atoms with Gasteiger partial charge >= 0.3 is 0 Å². The van der Waals surface area contributed by atoms with E-state index in [4.69, 9.17) is 9.47 Å². The number of hydrogen-bond donors (Lipinski definition) is 2. The van der Waals surface area contributed by atoms with Crippen LogP contribution in [0.5, 0.6) is 17.2 Å². The molecular weight excluding hydrogens is 338 g/mol. The van der Waals surface area contributed by atoms with Crippen molar-refractivity contribution in [2.24, 2.45) is 4.99 Å². The van der Waals surface area contributed by atoms with E-state index in [0.29, 0.717) is 18.0 Å². The SMILES string of the molecule is CN=C(NCc1cc(OC)c(O)c(OC)c1)N(C)CCc1cccs1. The number of aliphatic imine (C=N–C) groups is 1. The molecule has 0 atom stereocenters. The molecule has 0 amide bonds. The molecule has 25 heavy (non-hydrogen) atoms. The summed E-state index contributed by atoms with van der Waals surface area (Å²) in [6.45, 7) is 1.42. The van der Waals surface area contributed by atoms with E-state index in [1.165, 1.54) is 19.1 Å². The van der Waals surface area contributed by atoms with Crippen LogP contribution in [0.15, 0.2) is 34.6 Å². The molecule has 0 unspecified atom stereocenters. The van der Waals surface area contributed by atoms with Crippen molar-refractivity contribution >= 4 is 17.3 Å². The fourth-order valence-electron chi connectivity index (χ4n) is 2.45. The molecule has 2 rings (SSSR count). The highest BCUT2D eigenvalue weighted by atomic mass is 32.1. The molecule has 0 aliphatic carbocycles. The topological polar surface area (TPSA) is 66.3 Å². The molecule has 0 saturated heterocycles. The number of aromatic hydroxyl groups is 1. The van der Waals surface area contributed by atoms with E-state index in [1.54, 1.807) is 30.5 Å². The quantitative estimate of drug-likeness (QED) is 0.585. The van der Waals surface area contributed by atoms with E-state index < -0.39 is 0 Å². The molecule has 1 heterocycles. The summed E-state index contributed by atoms with van der Waals surface area (Å²) in [5, 5.41) is 15.4. The van der Waals surface area contributed by atoms with Crippen LogP contribution in [0.4, 0.5) is 0 Å². The Morgan fingerprint density at radius 3 is 2.48 bits per heavy atom. The van der Waals surface area contributed by atoms with Gasteiger partial charge in [0.2, 0.25) is 5.75 Å². The van der Waals surface area contributed by atoms with Gasteiger partial charge in [-0.05, 0) is 35.6 Å². The van der Waals surface area contributed by atoms with Crippen molar-refractivity contribution < 1.29 is 14.6 Å². The predicted octanol–water partition coefficient (Wildman–Crippen LogP) is 2.72. The molecular formula is C18H25N3O3S. The fraction of sp³-hybridized carbons (Fsp3) is 0.389. The molecule has 0 saturated carbocycles. The Labute approximate surface area is 152 Å². The second-order valence-corrected chi connectivity index (χ2v) is 6.53. The van der Waals surface area contributed by atoms with Gasteiger partial charge in [0.1, 0.15) is 0 Å². The summed E-state index contributed by atoms with van der Waals surface area (Å²) in [5.74, 6) is 1.59. The van der Waals surface area contributed by atoms with Crippen molar-refractivity contribution in [2.45, 2.75) is 13.0 Å². The van der Waals surface area contributed by atoms with Gasteiger partial charge in [-0.3, -0.25) is 4.99 Å². The van der Waals surface area contributed by atoms with E-state index >= 15 is 0 Å². The van der Waals surface area contributed by atoms with Crippen molar-refractivity contribution in [3.63, 3.8) is 0 Å². The molecule has 0 radical (unpaired) electrons. The number of guanidine groups is 1. The van der Waals surface area contributed by atoms with Crippen molar-refractivity contribution in [2.75, 3.05) is 34.9 Å². The molecule has 2 aromatic rings. The van der Waals surface area contributed by atoms with Crippen molar-refractivity contribution in [3.05, 3.63) is 40.1 Å². The van der Waals surface area contributed by atoms with Crippen LogP contribution in [0.25, 0.3) is 0 Å². The number of thiophene rings is 1. The molecule has 0 bridgehead atoms. The minimum absolute atomic E-state index is 0.00574. The largest absolute Gasteiger partial charge is 0.502 e. The number of rotatable bonds is 7. The smallest absolute Gasteiger partial charge is 0.200 e. The number of benzene rings is 1. The first kappa shape index (κ1) is 18.9. The van der Waals surface area contributed by atoms with E-state index in [0.717, 1.165) is 24.5 Å². The van der Waals surface area contributed by atoms with Gasteiger partial charge in [-0.1, -0.05) is 6.07 Å². The third-order valence-electron chi connectivity index (χ3n) is 3.84. The molecule has 0 spiro atoms. The standard InChI is InChI=1S/C18H25N3O3S/c1-19-18(21(2)8-7-14-6-5-9-25-14)20-12-13-10-15(23-3)17(22)16(11-13)24-4/h5-6,9-11,22H,7-8,12H2,1-4H3,(H,19,20). The van der Waals surface area contributed by atoms with Gasteiger partial charge < -0.3 is 24.8 Å². The molecule has 0 fully saturated rings. The first-order valence-corrected chi connectivity index (χ1v) is 8.85. The van der Waals surface area contributed by atoms with Gasteiger partial charge in [0.05, 0.1) is 14.2 Å². The molecule has 2 N–H and O–H groups in total. The molecule has 1 aromatic carbocycles. The Kier molecular flexibility index (Phi) is 6.94. The minimum Gasteiger partial charge on any atom is -0.502 e. The van der Waals surface area contributed by atoms with Crippen LogP contribution in [0.2, 0.25) is 0 Å². The van der Waals surface area contributed by atoms with Gasteiger partial charge in [-0.2, -0.15) is 0 Å². The van der Waals surface area contributed by atoms with Crippen molar-refractivity contribution in [3.8, 4) is 17.2 Å². The fourth-order valence-corrected chi connectivity index (χ4v) is 3.15. The number of phenols is 1. The van der Waals surface area contributed by atoms with E-state index in [-0.39, 0.29) is 5.75 Å². The summed E-state index contributed by atoms with van der Waals surface area (Å²) in [6, 6.07) is 7.77. The number of phenolic OH excluding ortho intramolecular Hbond substituents is 1. The van der Waals surface area contributed by atoms with E-state index in [9.17, 15) is 5.11 Å². The average molecular weight is 363 g/mol. The maximum Gasteiger partial charge on any atom is 0.200 e. The van der Waals surface area contributed by atoms with Crippen LogP contribution in [0.1, 0.15) is 10.4 Å². The molecule has 6 nitrogen and oxygen atoms in total. The maximum absolute atomic E-state index is 9.98. The highest BCUT2D eigenvalue weighted by Gasteiger charge is 2.12. The van der Waals surface area contributed by atoms with Crippen LogP contribution >= 0.6 is 11.3 Å². The lowest BCUT2D eigenvalue weighted by Crippen LogP contribution is -2.39. The molecule has 136 valence electrons. The first-order valence-electron chi connectivity index (χ1n) is 7.97. The average Bonchev–Trinajstić information content (AvgIpc) is 3.15. The Hall–Kier alpha value is -2.41. The van der Waals surface area contributed by atoms with Gasteiger partial charge in [-0.15, -0.1) is 11.3 Å². The number of likely N-dealkylation sites (N-methyl/N-ethyl adjacent to an activating group) is 1. The zero-order valence-corrected chi connectivity index (χ0v) is 15.9. The lowest BCUT2D eigenvalue weighted by Gasteiger charge is -2.22. The van der Waals surface area contributed by atoms with E-state index in [2.05, 4.69) is 32.7 Å². The van der Waals surface area contributed by atoms with Gasteiger partial charge in [0.15, 0.2) is 17.5 Å². The van der Waals surface area contributed by atoms with Crippen LogP contribution in [-0.2, 0) is 13.0 Å². The third kappa shape index (κ3) is 5.03. The number of ether oxygens (including phenoxy) is 2. The Morgan fingerprint density at radius 2 is 1.96 bits per heavy atom. The predicted molar refractivity (Wildman–Crippen MR) is 102 cm³/mol. The first-order chi connectivity index (χ1) is 12.1. The summed E-state index contributed by atoms with van der Waals surface area (Å²) >= 11 is 1.77. The Morgan fingerprint density at radius 1 is 1.28 bits per heavy atom. The number of methoxy groups -OCH3 is 2. The second-order valence-electron chi connectivity index (χ2n) is 5.50. The van der Waals surface area contributed by atoms with Crippen molar-refractivity contribution in [1.82, 2.24) is 10.2 Å². The Bertz CT molecular complexity index is 677. The normalized spacial score (nSPS) is 11.3. The lowest BCUT2D eigenvalue weighted by atomic mass is 10.2. The van der Waals surface area contributed by atoms with Crippen LogP contribution in [-0.4, -0.2) is 50.8 Å². The number of hydrogen-bond acceptors (Lipinski definition) is 5. The zero-order valence-electron chi connectivity index (χ0n) is 15.1. The van der Waals surface area contributed by atoms with Crippen LogP contribution in [0, 0.1) is 0 Å². The zero-order chi connectivity index (χ0) is 18.2. The van der Waals surface area contributed by atoms with Crippen LogP contribution < -0.4 is 14.8 Å². The molecule has 0 aliphatic rings. The number of nitrogens with one attached hydrogen (secondary N) is 1. The highest BCUT2D eigenvalue weighted by Crippen LogP contribution is 2.36.